The fourth-order valence-corrected chi connectivity index (χ4v) is 7.57. The highest BCUT2D eigenvalue weighted by Gasteiger charge is 2.38. The molecule has 0 aromatic heterocycles. The summed E-state index contributed by atoms with van der Waals surface area (Å²) in [5, 5.41) is 39.6. The Morgan fingerprint density at radius 2 is 1.21 bits per heavy atom. The second-order valence-corrected chi connectivity index (χ2v) is 12.4. The maximum Gasteiger partial charge on any atom is 0.330 e. The number of benzene rings is 5. The number of rotatable bonds is 12. The number of aromatic hydroxyl groups is 1. The maximum absolute atomic E-state index is 14.4. The van der Waals surface area contributed by atoms with Crippen molar-refractivity contribution in [3.8, 4) is 23.0 Å². The van der Waals surface area contributed by atoms with E-state index in [0.717, 1.165) is 14.2 Å². The van der Waals surface area contributed by atoms with Gasteiger partial charge in [-0.05, 0) is 19.2 Å². The number of anilines is 2. The number of phenolic OH excluding ortho intramolecular Hbond substituents is 1. The topological polar surface area (TPSA) is 216 Å². The number of nitrogens with one attached hydrogen (secondary N) is 2. The number of hydrogen-bond acceptors (Lipinski definition) is 15. The molecular weight excluding hydrogens is 680 g/mol. The molecule has 1 aliphatic carbocycles. The van der Waals surface area contributed by atoms with E-state index in [1.807, 2.05) is 0 Å². The van der Waals surface area contributed by atoms with Crippen molar-refractivity contribution < 1.29 is 53.4 Å². The minimum Gasteiger partial charge on any atom is -0.504 e. The first kappa shape index (κ1) is 35.9. The molecule has 15 heteroatoms. The van der Waals surface area contributed by atoms with Gasteiger partial charge >= 0.3 is 11.9 Å². The number of hydrogen-bond donors (Lipinski definition) is 5. The van der Waals surface area contributed by atoms with E-state index in [9.17, 15) is 39.3 Å². The molecule has 3 atom stereocenters. The second kappa shape index (κ2) is 13.3. The number of aliphatic hydroxyl groups is 2. The van der Waals surface area contributed by atoms with Gasteiger partial charge < -0.3 is 49.6 Å². The van der Waals surface area contributed by atoms with E-state index in [0.29, 0.717) is 5.57 Å². The Bertz CT molecular complexity index is 2480. The van der Waals surface area contributed by atoms with Gasteiger partial charge in [0.15, 0.2) is 22.4 Å². The van der Waals surface area contributed by atoms with Crippen molar-refractivity contribution in [2.24, 2.45) is 0 Å². The normalized spacial score (nSPS) is 15.0. The molecular formula is C37H36N2O13. The van der Waals surface area contributed by atoms with E-state index < -0.39 is 59.8 Å². The summed E-state index contributed by atoms with van der Waals surface area (Å²) in [6.45, 7) is 1.46. The number of esters is 2. The largest absolute Gasteiger partial charge is 0.504 e. The number of ether oxygens (including phenoxy) is 5. The number of methoxy groups -OCH3 is 5. The van der Waals surface area contributed by atoms with Gasteiger partial charge in [0.1, 0.15) is 29.4 Å². The molecule has 5 N–H and O–H groups in total. The summed E-state index contributed by atoms with van der Waals surface area (Å²) in [4.78, 5) is 67.8. The zero-order valence-corrected chi connectivity index (χ0v) is 29.3. The van der Waals surface area contributed by atoms with Crippen LogP contribution in [0.3, 0.4) is 0 Å². The van der Waals surface area contributed by atoms with Crippen LogP contribution in [0, 0.1) is 0 Å². The van der Waals surface area contributed by atoms with Crippen LogP contribution in [0.15, 0.2) is 27.3 Å². The molecule has 1 aliphatic rings. The molecule has 0 radical (unpaired) electrons. The Balaban J connectivity index is 2.08. The summed E-state index contributed by atoms with van der Waals surface area (Å²) in [5.74, 6) is -3.74. The number of ketones is 1. The first-order chi connectivity index (χ1) is 24.8. The Labute approximate surface area is 295 Å². The van der Waals surface area contributed by atoms with Gasteiger partial charge in [0.2, 0.25) is 0 Å². The molecule has 0 saturated heterocycles. The first-order valence-electron chi connectivity index (χ1n) is 16.0. The quantitative estimate of drug-likeness (QED) is 0.0713. The minimum absolute atomic E-state index is 0.00842. The number of allylic oxidation sites excluding steroid dienone is 1. The van der Waals surface area contributed by atoms with Gasteiger partial charge in [-0.3, -0.25) is 14.4 Å². The molecule has 0 spiro atoms. The van der Waals surface area contributed by atoms with Crippen molar-refractivity contribution in [2.75, 3.05) is 59.4 Å². The SMILES string of the molecule is COC(=O)C(CO)Nc1c(NC(CO)C(=O)OC)c2c(=O)cc(OC)c3c4c(OC)cc(=O)c5c(O)c(OC)c6c(c(c1C=C(C)C6C(C)=O)c23)c54. The number of Topliss-reactive ketones (excluding diaryl/α,β-unsaturated/α-hetero) is 1. The highest BCUT2D eigenvalue weighted by atomic mass is 16.5. The van der Waals surface area contributed by atoms with Crippen molar-refractivity contribution in [3.63, 3.8) is 0 Å². The molecule has 5 aromatic rings. The highest BCUT2D eigenvalue weighted by molar-refractivity contribution is 6.41. The maximum atomic E-state index is 14.4. The highest BCUT2D eigenvalue weighted by Crippen LogP contribution is 2.58. The predicted molar refractivity (Wildman–Crippen MR) is 193 cm³/mol. The lowest BCUT2D eigenvalue weighted by Crippen LogP contribution is -2.37. The van der Waals surface area contributed by atoms with Crippen molar-refractivity contribution in [1.82, 2.24) is 0 Å². The molecule has 0 heterocycles. The third-order valence-electron chi connectivity index (χ3n) is 9.65. The lowest BCUT2D eigenvalue weighted by molar-refractivity contribution is -0.143. The van der Waals surface area contributed by atoms with Crippen LogP contribution in [0.2, 0.25) is 0 Å². The first-order valence-corrected chi connectivity index (χ1v) is 16.0. The van der Waals surface area contributed by atoms with Gasteiger partial charge in [0.25, 0.3) is 0 Å². The van der Waals surface area contributed by atoms with E-state index in [1.165, 1.54) is 40.4 Å². The molecule has 0 bridgehead atoms. The zero-order valence-electron chi connectivity index (χ0n) is 29.3. The average molecular weight is 717 g/mol. The fraction of sp³-hybridized carbons (Fsp3) is 0.324. The molecule has 52 heavy (non-hydrogen) atoms. The standard InChI is InChI=1S/C37H36N2O13/c1-13-8-15-23-28-24(33(39-17(12-41)37(47)52-7)32(15)38-16(11-40)36(46)51-6)18(43)9-20(48-3)26(28)27-21(49-4)10-19(44)25-30(27)29(23)31(22(13)14(2)42)35(50-5)34(25)45/h8-10,16-17,22,38-41,45H,11-12H2,1-7H3. The molecule has 3 unspecified atom stereocenters. The van der Waals surface area contributed by atoms with E-state index in [2.05, 4.69) is 10.6 Å². The Hall–Kier alpha value is -5.93. The van der Waals surface area contributed by atoms with Crippen molar-refractivity contribution in [1.29, 1.82) is 0 Å². The summed E-state index contributed by atoms with van der Waals surface area (Å²) < 4.78 is 27.1. The monoisotopic (exact) mass is 716 g/mol. The fourth-order valence-electron chi connectivity index (χ4n) is 7.57. The van der Waals surface area contributed by atoms with Crippen LogP contribution in [0.5, 0.6) is 23.0 Å². The van der Waals surface area contributed by atoms with Gasteiger partial charge in [0, 0.05) is 50.2 Å². The van der Waals surface area contributed by atoms with Gasteiger partial charge in [-0.15, -0.1) is 0 Å². The van der Waals surface area contributed by atoms with Crippen molar-refractivity contribution >= 4 is 78.3 Å². The zero-order chi connectivity index (χ0) is 37.9. The molecule has 272 valence electrons. The van der Waals surface area contributed by atoms with E-state index >= 15 is 0 Å². The molecule has 6 rings (SSSR count). The van der Waals surface area contributed by atoms with E-state index in [-0.39, 0.29) is 88.6 Å². The third-order valence-corrected chi connectivity index (χ3v) is 9.65. The summed E-state index contributed by atoms with van der Waals surface area (Å²) in [7, 11) is 6.22. The number of aliphatic hydroxyl groups excluding tert-OH is 2. The second-order valence-electron chi connectivity index (χ2n) is 12.4. The average Bonchev–Trinajstić information content (AvgIpc) is 3.26. The molecule has 15 nitrogen and oxygen atoms in total. The van der Waals surface area contributed by atoms with Crippen LogP contribution in [0.1, 0.15) is 30.9 Å². The van der Waals surface area contributed by atoms with Crippen LogP contribution in [-0.4, -0.2) is 93.9 Å². The molecule has 0 saturated carbocycles. The van der Waals surface area contributed by atoms with Crippen LogP contribution in [0.4, 0.5) is 11.4 Å². The van der Waals surface area contributed by atoms with E-state index in [1.54, 1.807) is 13.0 Å². The van der Waals surface area contributed by atoms with Crippen LogP contribution >= 0.6 is 0 Å². The van der Waals surface area contributed by atoms with Gasteiger partial charge in [-0.25, -0.2) is 9.59 Å². The Morgan fingerprint density at radius 3 is 1.67 bits per heavy atom. The predicted octanol–water partition coefficient (Wildman–Crippen LogP) is 2.61. The molecule has 0 aliphatic heterocycles. The van der Waals surface area contributed by atoms with Gasteiger partial charge in [-0.2, -0.15) is 0 Å². The lowest BCUT2D eigenvalue weighted by atomic mass is 9.80. The number of fused-ring (bicyclic) bond motifs is 1. The van der Waals surface area contributed by atoms with Gasteiger partial charge in [-0.1, -0.05) is 11.6 Å². The summed E-state index contributed by atoms with van der Waals surface area (Å²) in [6.07, 6.45) is 1.63. The van der Waals surface area contributed by atoms with Crippen molar-refractivity contribution in [2.45, 2.75) is 31.8 Å². The van der Waals surface area contributed by atoms with Crippen LogP contribution in [-0.2, 0) is 23.9 Å². The van der Waals surface area contributed by atoms with Gasteiger partial charge in [0.05, 0.1) is 76.8 Å². The number of carbonyl (C=O) groups is 3. The summed E-state index contributed by atoms with van der Waals surface area (Å²) in [5.41, 5.74) is -0.492. The summed E-state index contributed by atoms with van der Waals surface area (Å²) in [6, 6.07) is -0.489. The Morgan fingerprint density at radius 1 is 0.712 bits per heavy atom. The smallest absolute Gasteiger partial charge is 0.330 e. The Kier molecular flexibility index (Phi) is 9.19. The van der Waals surface area contributed by atoms with Crippen LogP contribution < -0.4 is 35.7 Å². The third kappa shape index (κ3) is 4.98. The van der Waals surface area contributed by atoms with E-state index in [4.69, 9.17) is 23.7 Å². The number of phenols is 1. The van der Waals surface area contributed by atoms with Crippen LogP contribution in [0.25, 0.3) is 49.2 Å². The lowest BCUT2D eigenvalue weighted by Gasteiger charge is -2.28. The van der Waals surface area contributed by atoms with Crippen molar-refractivity contribution in [3.05, 3.63) is 49.3 Å². The minimum atomic E-state index is -1.44. The number of carbonyl (C=O) groups excluding carboxylic acids is 3. The summed E-state index contributed by atoms with van der Waals surface area (Å²) >= 11 is 0. The molecule has 5 aromatic carbocycles. The molecule has 0 fully saturated rings. The molecule has 0 amide bonds.